The second kappa shape index (κ2) is 6.48. The molecule has 2 aliphatic rings. The summed E-state index contributed by atoms with van der Waals surface area (Å²) in [5.41, 5.74) is 1.05. The van der Waals surface area contributed by atoms with Crippen LogP contribution in [0.5, 0.6) is 0 Å². The van der Waals surface area contributed by atoms with Gasteiger partial charge in [-0.3, -0.25) is 4.90 Å². The fourth-order valence-electron chi connectivity index (χ4n) is 3.40. The summed E-state index contributed by atoms with van der Waals surface area (Å²) in [6.07, 6.45) is 1.31. The van der Waals surface area contributed by atoms with Gasteiger partial charge in [0.1, 0.15) is 0 Å². The number of halogens is 1. The number of aromatic nitrogens is 1. The Hall–Kier alpha value is -0.880. The maximum absolute atomic E-state index is 5.46. The molecule has 21 heavy (non-hydrogen) atoms. The minimum absolute atomic E-state index is 0. The fourth-order valence-corrected chi connectivity index (χ4v) is 4.08. The number of likely N-dealkylation sites (tertiary alicyclic amines) is 1. The van der Waals surface area contributed by atoms with E-state index in [9.17, 15) is 0 Å². The van der Waals surface area contributed by atoms with Crippen molar-refractivity contribution in [1.29, 1.82) is 0 Å². The van der Waals surface area contributed by atoms with E-state index in [4.69, 9.17) is 4.52 Å². The number of rotatable bonds is 3. The first kappa shape index (κ1) is 15.0. The van der Waals surface area contributed by atoms with Gasteiger partial charge in [-0.25, -0.2) is 0 Å². The molecule has 4 heterocycles. The number of hydrogen-bond donors (Lipinski definition) is 1. The molecule has 0 radical (unpaired) electrons. The van der Waals surface area contributed by atoms with Crippen molar-refractivity contribution in [3.05, 3.63) is 29.3 Å². The molecule has 2 fully saturated rings. The molecule has 0 saturated carbocycles. The topological polar surface area (TPSA) is 41.3 Å². The molecule has 0 amide bonds. The summed E-state index contributed by atoms with van der Waals surface area (Å²) in [6, 6.07) is 6.20. The molecule has 114 valence electrons. The molecule has 6 heteroatoms. The van der Waals surface area contributed by atoms with E-state index < -0.39 is 0 Å². The van der Waals surface area contributed by atoms with Crippen molar-refractivity contribution in [2.45, 2.75) is 13.0 Å². The van der Waals surface area contributed by atoms with Crippen LogP contribution in [0.4, 0.5) is 0 Å². The molecule has 4 nitrogen and oxygen atoms in total. The molecule has 2 aliphatic heterocycles. The molecule has 2 aromatic heterocycles. The lowest BCUT2D eigenvalue weighted by atomic mass is 9.89. The third kappa shape index (κ3) is 3.16. The first-order valence-electron chi connectivity index (χ1n) is 7.31. The maximum atomic E-state index is 5.46. The van der Waals surface area contributed by atoms with E-state index in [1.165, 1.54) is 32.6 Å². The number of nitrogens with one attached hydrogen (secondary N) is 1. The van der Waals surface area contributed by atoms with Gasteiger partial charge in [-0.1, -0.05) is 11.2 Å². The average molecular weight is 326 g/mol. The van der Waals surface area contributed by atoms with Gasteiger partial charge in [0.2, 0.25) is 0 Å². The number of thiophene rings is 1. The Morgan fingerprint density at radius 3 is 3.14 bits per heavy atom. The van der Waals surface area contributed by atoms with Crippen molar-refractivity contribution in [3.8, 4) is 10.6 Å². The zero-order valence-corrected chi connectivity index (χ0v) is 13.5. The lowest BCUT2D eigenvalue weighted by molar-refractivity contribution is 0.139. The molecule has 0 bridgehead atoms. The van der Waals surface area contributed by atoms with Gasteiger partial charge < -0.3 is 9.84 Å². The number of nitrogens with zero attached hydrogens (tertiary/aromatic N) is 2. The number of hydrogen-bond acceptors (Lipinski definition) is 5. The van der Waals surface area contributed by atoms with Crippen molar-refractivity contribution in [1.82, 2.24) is 15.4 Å². The first-order valence-corrected chi connectivity index (χ1v) is 8.19. The van der Waals surface area contributed by atoms with Gasteiger partial charge >= 0.3 is 0 Å². The van der Waals surface area contributed by atoms with E-state index in [1.807, 2.05) is 6.07 Å². The zero-order valence-electron chi connectivity index (χ0n) is 11.8. The molecule has 0 aromatic carbocycles. The Balaban J connectivity index is 0.00000132. The van der Waals surface area contributed by atoms with Crippen molar-refractivity contribution < 1.29 is 4.52 Å². The fraction of sp³-hybridized carbons (Fsp3) is 0.533. The van der Waals surface area contributed by atoms with Crippen LogP contribution in [0.2, 0.25) is 0 Å². The van der Waals surface area contributed by atoms with Crippen molar-refractivity contribution >= 4 is 23.7 Å². The van der Waals surface area contributed by atoms with E-state index >= 15 is 0 Å². The Labute approximate surface area is 134 Å². The molecule has 0 aliphatic carbocycles. The standard InChI is InChI=1S/C15H19N3OS.ClH/c1-2-15(20-5-1)14-6-13(17-19-14)10-18-4-3-11-7-16-8-12(11)9-18;/h1-2,5-6,11-12,16H,3-4,7-10H2;1H. The summed E-state index contributed by atoms with van der Waals surface area (Å²) < 4.78 is 5.46. The largest absolute Gasteiger partial charge is 0.355 e. The van der Waals surface area contributed by atoms with Crippen LogP contribution in [-0.2, 0) is 6.54 Å². The summed E-state index contributed by atoms with van der Waals surface area (Å²) in [4.78, 5) is 3.67. The van der Waals surface area contributed by atoms with E-state index in [1.54, 1.807) is 11.3 Å². The number of fused-ring (bicyclic) bond motifs is 1. The highest BCUT2D eigenvalue weighted by atomic mass is 35.5. The molecule has 4 rings (SSSR count). The van der Waals surface area contributed by atoms with Crippen LogP contribution in [0.25, 0.3) is 10.6 Å². The summed E-state index contributed by atoms with van der Waals surface area (Å²) >= 11 is 1.69. The summed E-state index contributed by atoms with van der Waals surface area (Å²) in [5, 5.41) is 9.80. The summed E-state index contributed by atoms with van der Waals surface area (Å²) in [6.45, 7) is 5.69. The van der Waals surface area contributed by atoms with Crippen molar-refractivity contribution in [2.24, 2.45) is 11.8 Å². The highest BCUT2D eigenvalue weighted by Gasteiger charge is 2.32. The van der Waals surface area contributed by atoms with Crippen LogP contribution in [0.15, 0.2) is 28.1 Å². The van der Waals surface area contributed by atoms with E-state index in [-0.39, 0.29) is 12.4 Å². The van der Waals surface area contributed by atoms with E-state index in [0.717, 1.165) is 34.7 Å². The van der Waals surface area contributed by atoms with Crippen molar-refractivity contribution in [3.63, 3.8) is 0 Å². The van der Waals surface area contributed by atoms with Crippen LogP contribution >= 0.6 is 23.7 Å². The Morgan fingerprint density at radius 1 is 1.38 bits per heavy atom. The molecule has 2 aromatic rings. The minimum atomic E-state index is 0. The second-order valence-corrected chi connectivity index (χ2v) is 6.81. The third-order valence-electron chi connectivity index (χ3n) is 4.50. The molecule has 2 unspecified atom stereocenters. The molecule has 0 spiro atoms. The van der Waals surface area contributed by atoms with Crippen LogP contribution in [0, 0.1) is 11.8 Å². The highest BCUT2D eigenvalue weighted by molar-refractivity contribution is 7.13. The number of piperidine rings is 1. The van der Waals surface area contributed by atoms with E-state index in [0.29, 0.717) is 0 Å². The van der Waals surface area contributed by atoms with Gasteiger partial charge in [0, 0.05) is 19.2 Å². The van der Waals surface area contributed by atoms with Crippen LogP contribution in [0.3, 0.4) is 0 Å². The third-order valence-corrected chi connectivity index (χ3v) is 5.38. The van der Waals surface area contributed by atoms with Gasteiger partial charge in [0.25, 0.3) is 0 Å². The van der Waals surface area contributed by atoms with Gasteiger partial charge in [-0.05, 0) is 49.3 Å². The predicted octanol–water partition coefficient (Wildman–Crippen LogP) is 2.87. The quantitative estimate of drug-likeness (QED) is 0.942. The Kier molecular flexibility index (Phi) is 4.64. The summed E-state index contributed by atoms with van der Waals surface area (Å²) in [5.74, 6) is 2.62. The SMILES string of the molecule is Cl.c1csc(-c2cc(CN3CCC4CNCC4C3)no2)c1. The van der Waals surface area contributed by atoms with Gasteiger partial charge in [0.05, 0.1) is 10.6 Å². The molecule has 2 atom stereocenters. The van der Waals surface area contributed by atoms with Gasteiger partial charge in [-0.2, -0.15) is 0 Å². The molecular weight excluding hydrogens is 306 g/mol. The smallest absolute Gasteiger partial charge is 0.177 e. The highest BCUT2D eigenvalue weighted by Crippen LogP contribution is 2.29. The summed E-state index contributed by atoms with van der Waals surface area (Å²) in [7, 11) is 0. The predicted molar refractivity (Wildman–Crippen MR) is 86.8 cm³/mol. The molecular formula is C15H20ClN3OS. The maximum Gasteiger partial charge on any atom is 0.177 e. The van der Waals surface area contributed by atoms with E-state index in [2.05, 4.69) is 32.9 Å². The van der Waals surface area contributed by atoms with Crippen LogP contribution in [0.1, 0.15) is 12.1 Å². The second-order valence-electron chi connectivity index (χ2n) is 5.86. The monoisotopic (exact) mass is 325 g/mol. The lowest BCUT2D eigenvalue weighted by Crippen LogP contribution is -2.39. The minimum Gasteiger partial charge on any atom is -0.355 e. The van der Waals surface area contributed by atoms with Crippen LogP contribution < -0.4 is 5.32 Å². The van der Waals surface area contributed by atoms with Crippen LogP contribution in [-0.4, -0.2) is 36.2 Å². The molecule has 1 N–H and O–H groups in total. The Morgan fingerprint density at radius 2 is 2.29 bits per heavy atom. The zero-order chi connectivity index (χ0) is 13.4. The van der Waals surface area contributed by atoms with Crippen molar-refractivity contribution in [2.75, 3.05) is 26.2 Å². The average Bonchev–Trinajstić information content (AvgIpc) is 3.19. The normalized spacial score (nSPS) is 25.5. The first-order chi connectivity index (χ1) is 9.88. The van der Waals surface area contributed by atoms with Gasteiger partial charge in [-0.15, -0.1) is 23.7 Å². The van der Waals surface area contributed by atoms with Gasteiger partial charge in [0.15, 0.2) is 5.76 Å². The molecule has 2 saturated heterocycles. The lowest BCUT2D eigenvalue weighted by Gasteiger charge is -2.33. The Bertz CT molecular complexity index is 571.